The Bertz CT molecular complexity index is 415. The standard InChI is InChI=1S/C13H27N3O3S/c1-5-14-8-10-15(11-9-14)13(17)6-7-16(12(2)3)20(4,18)19/h12H,5-11H2,1-4H3. The maximum Gasteiger partial charge on any atom is 0.223 e. The summed E-state index contributed by atoms with van der Waals surface area (Å²) in [4.78, 5) is 16.3. The van der Waals surface area contributed by atoms with Crippen molar-refractivity contribution in [2.75, 3.05) is 45.5 Å². The number of piperazine rings is 1. The minimum absolute atomic E-state index is 0.0510. The fourth-order valence-corrected chi connectivity index (χ4v) is 3.67. The highest BCUT2D eigenvalue weighted by Crippen LogP contribution is 2.09. The normalized spacial score (nSPS) is 18.0. The molecule has 0 radical (unpaired) electrons. The van der Waals surface area contributed by atoms with E-state index in [-0.39, 0.29) is 24.9 Å². The van der Waals surface area contributed by atoms with Crippen molar-refractivity contribution in [2.45, 2.75) is 33.2 Å². The van der Waals surface area contributed by atoms with E-state index < -0.39 is 10.0 Å². The van der Waals surface area contributed by atoms with Gasteiger partial charge in [-0.2, -0.15) is 4.31 Å². The molecule has 20 heavy (non-hydrogen) atoms. The first-order chi connectivity index (χ1) is 9.25. The Morgan fingerprint density at radius 3 is 2.15 bits per heavy atom. The van der Waals surface area contributed by atoms with Crippen LogP contribution in [0.3, 0.4) is 0 Å². The highest BCUT2D eigenvalue weighted by molar-refractivity contribution is 7.88. The summed E-state index contributed by atoms with van der Waals surface area (Å²) in [7, 11) is -3.25. The fraction of sp³-hybridized carbons (Fsp3) is 0.923. The van der Waals surface area contributed by atoms with Gasteiger partial charge in [-0.25, -0.2) is 8.42 Å². The zero-order valence-corrected chi connectivity index (χ0v) is 13.8. The average Bonchev–Trinajstić information content (AvgIpc) is 2.36. The average molecular weight is 305 g/mol. The second-order valence-electron chi connectivity index (χ2n) is 5.53. The van der Waals surface area contributed by atoms with E-state index in [1.807, 2.05) is 18.7 Å². The first-order valence-corrected chi connectivity index (χ1v) is 9.07. The summed E-state index contributed by atoms with van der Waals surface area (Å²) >= 11 is 0. The van der Waals surface area contributed by atoms with Gasteiger partial charge in [-0.1, -0.05) is 6.92 Å². The highest BCUT2D eigenvalue weighted by atomic mass is 32.2. The van der Waals surface area contributed by atoms with Crippen molar-refractivity contribution < 1.29 is 13.2 Å². The fourth-order valence-electron chi connectivity index (χ4n) is 2.48. The Morgan fingerprint density at radius 1 is 1.20 bits per heavy atom. The van der Waals surface area contributed by atoms with Gasteiger partial charge in [-0.3, -0.25) is 4.79 Å². The van der Waals surface area contributed by atoms with E-state index in [2.05, 4.69) is 11.8 Å². The summed E-state index contributed by atoms with van der Waals surface area (Å²) in [6.45, 7) is 10.3. The topological polar surface area (TPSA) is 60.9 Å². The van der Waals surface area contributed by atoms with Crippen molar-refractivity contribution in [2.24, 2.45) is 0 Å². The zero-order chi connectivity index (χ0) is 15.3. The van der Waals surface area contributed by atoms with Gasteiger partial charge in [-0.15, -0.1) is 0 Å². The van der Waals surface area contributed by atoms with E-state index in [1.54, 1.807) is 0 Å². The van der Waals surface area contributed by atoms with Crippen LogP contribution in [0.5, 0.6) is 0 Å². The van der Waals surface area contributed by atoms with Crippen LogP contribution in [0.2, 0.25) is 0 Å². The van der Waals surface area contributed by atoms with Crippen LogP contribution in [0.15, 0.2) is 0 Å². The van der Waals surface area contributed by atoms with Crippen LogP contribution in [-0.2, 0) is 14.8 Å². The molecule has 0 spiro atoms. The predicted molar refractivity (Wildman–Crippen MR) is 80.0 cm³/mol. The molecule has 0 aliphatic carbocycles. The van der Waals surface area contributed by atoms with Crippen molar-refractivity contribution in [3.63, 3.8) is 0 Å². The van der Waals surface area contributed by atoms with Crippen LogP contribution in [0, 0.1) is 0 Å². The van der Waals surface area contributed by atoms with Crippen LogP contribution < -0.4 is 0 Å². The summed E-state index contributed by atoms with van der Waals surface area (Å²) in [5.41, 5.74) is 0. The summed E-state index contributed by atoms with van der Waals surface area (Å²) < 4.78 is 24.7. The summed E-state index contributed by atoms with van der Waals surface area (Å²) in [5, 5.41) is 0. The van der Waals surface area contributed by atoms with Crippen LogP contribution in [0.1, 0.15) is 27.2 Å². The molecule has 1 heterocycles. The number of carbonyl (C=O) groups is 1. The Labute approximate surface area is 122 Å². The molecule has 118 valence electrons. The van der Waals surface area contributed by atoms with Crippen molar-refractivity contribution in [1.82, 2.24) is 14.1 Å². The van der Waals surface area contributed by atoms with Gasteiger partial charge in [0.05, 0.1) is 6.26 Å². The van der Waals surface area contributed by atoms with Gasteiger partial charge in [0.15, 0.2) is 0 Å². The number of rotatable bonds is 6. The monoisotopic (exact) mass is 305 g/mol. The van der Waals surface area contributed by atoms with E-state index in [0.717, 1.165) is 32.7 Å². The van der Waals surface area contributed by atoms with Gasteiger partial charge < -0.3 is 9.80 Å². The van der Waals surface area contributed by atoms with Gasteiger partial charge >= 0.3 is 0 Å². The number of hydrogen-bond acceptors (Lipinski definition) is 4. The van der Waals surface area contributed by atoms with Gasteiger partial charge in [0.25, 0.3) is 0 Å². The molecule has 7 heteroatoms. The molecule has 0 aromatic carbocycles. The van der Waals surface area contributed by atoms with Crippen molar-refractivity contribution in [1.29, 1.82) is 0 Å². The number of hydrogen-bond donors (Lipinski definition) is 0. The molecule has 0 N–H and O–H groups in total. The maximum absolute atomic E-state index is 12.1. The molecule has 0 aromatic heterocycles. The van der Waals surface area contributed by atoms with E-state index in [9.17, 15) is 13.2 Å². The summed E-state index contributed by atoms with van der Waals surface area (Å²) in [6.07, 6.45) is 1.45. The lowest BCUT2D eigenvalue weighted by molar-refractivity contribution is -0.133. The Kier molecular flexibility index (Phi) is 6.42. The third kappa shape index (κ3) is 5.03. The third-order valence-corrected chi connectivity index (χ3v) is 5.18. The number of sulfonamides is 1. The Balaban J connectivity index is 2.47. The smallest absolute Gasteiger partial charge is 0.223 e. The Hall–Kier alpha value is -0.660. The van der Waals surface area contributed by atoms with Crippen molar-refractivity contribution >= 4 is 15.9 Å². The molecule has 0 aromatic rings. The van der Waals surface area contributed by atoms with Gasteiger partial charge in [0, 0.05) is 45.2 Å². The van der Waals surface area contributed by atoms with Crippen LogP contribution in [0.4, 0.5) is 0 Å². The largest absolute Gasteiger partial charge is 0.340 e. The van der Waals surface area contributed by atoms with Crippen LogP contribution >= 0.6 is 0 Å². The van der Waals surface area contributed by atoms with Crippen molar-refractivity contribution in [3.05, 3.63) is 0 Å². The second-order valence-corrected chi connectivity index (χ2v) is 7.47. The molecular weight excluding hydrogens is 278 g/mol. The predicted octanol–water partition coefficient (Wildman–Crippen LogP) is 0.211. The molecule has 0 unspecified atom stereocenters. The third-order valence-electron chi connectivity index (χ3n) is 3.72. The number of carbonyl (C=O) groups excluding carboxylic acids is 1. The first kappa shape index (κ1) is 17.4. The molecule has 0 atom stereocenters. The van der Waals surface area contributed by atoms with E-state index in [0.29, 0.717) is 0 Å². The lowest BCUT2D eigenvalue weighted by Gasteiger charge is -2.34. The molecule has 0 bridgehead atoms. The van der Waals surface area contributed by atoms with Crippen LogP contribution in [0.25, 0.3) is 0 Å². The molecule has 1 aliphatic heterocycles. The van der Waals surface area contributed by atoms with E-state index in [4.69, 9.17) is 0 Å². The minimum atomic E-state index is -3.25. The molecule has 1 aliphatic rings. The van der Waals surface area contributed by atoms with Crippen molar-refractivity contribution in [3.8, 4) is 0 Å². The van der Waals surface area contributed by atoms with Gasteiger partial charge in [0.2, 0.25) is 15.9 Å². The van der Waals surface area contributed by atoms with Gasteiger partial charge in [-0.05, 0) is 20.4 Å². The molecule has 0 saturated carbocycles. The quantitative estimate of drug-likeness (QED) is 0.704. The number of amides is 1. The summed E-state index contributed by atoms with van der Waals surface area (Å²) in [6, 6.07) is -0.116. The van der Waals surface area contributed by atoms with E-state index in [1.165, 1.54) is 10.6 Å². The number of likely N-dealkylation sites (N-methyl/N-ethyl adjacent to an activating group) is 1. The van der Waals surface area contributed by atoms with Crippen LogP contribution in [-0.4, -0.2) is 80.0 Å². The molecule has 1 saturated heterocycles. The molecule has 1 fully saturated rings. The molecular formula is C13H27N3O3S. The molecule has 1 rings (SSSR count). The van der Waals surface area contributed by atoms with E-state index >= 15 is 0 Å². The lowest BCUT2D eigenvalue weighted by Crippen LogP contribution is -2.49. The first-order valence-electron chi connectivity index (χ1n) is 7.22. The number of nitrogens with zero attached hydrogens (tertiary/aromatic N) is 3. The highest BCUT2D eigenvalue weighted by Gasteiger charge is 2.24. The molecule has 6 nitrogen and oxygen atoms in total. The minimum Gasteiger partial charge on any atom is -0.340 e. The maximum atomic E-state index is 12.1. The SMILES string of the molecule is CCN1CCN(C(=O)CCN(C(C)C)S(C)(=O)=O)CC1. The van der Waals surface area contributed by atoms with Gasteiger partial charge in [0.1, 0.15) is 0 Å². The summed E-state index contributed by atoms with van der Waals surface area (Å²) in [5.74, 6) is 0.0510. The second kappa shape index (κ2) is 7.38. The molecule has 1 amide bonds. The zero-order valence-electron chi connectivity index (χ0n) is 13.0. The lowest BCUT2D eigenvalue weighted by atomic mass is 10.2. The Morgan fingerprint density at radius 2 is 1.75 bits per heavy atom.